The quantitative estimate of drug-likeness (QED) is 0.0815. The first-order chi connectivity index (χ1) is 32.6. The van der Waals surface area contributed by atoms with E-state index >= 15 is 0 Å². The molecule has 5 amide bonds. The summed E-state index contributed by atoms with van der Waals surface area (Å²) >= 11 is 6.40. The van der Waals surface area contributed by atoms with E-state index in [1.54, 1.807) is 55.9 Å². The van der Waals surface area contributed by atoms with Crippen LogP contribution in [-0.4, -0.2) is 106 Å². The molecule has 3 aliphatic rings. The van der Waals surface area contributed by atoms with E-state index in [0.29, 0.717) is 33.6 Å². The molecule has 0 bridgehead atoms. The molecule has 20 heteroatoms. The van der Waals surface area contributed by atoms with Crippen LogP contribution in [0.2, 0.25) is 5.02 Å². The SMILES string of the molecule is COc1ccc(C[C@H]2NC(=O)/C=C/C[C@@H]([C@H](C)[C@H]3O[C@@H]3c3ccc(Cn4cc(COCCC(=O)ON5C(=O)CCC5=O)nn4)cc3)OC(=O)[C@H](CC(C)(C)C)NC(=O)C(C)(C)[C@H](C)NC2=O)cc1Cl. The molecule has 3 N–H and O–H groups in total. The minimum Gasteiger partial charge on any atom is -0.495 e. The van der Waals surface area contributed by atoms with Gasteiger partial charge in [0.2, 0.25) is 17.7 Å². The molecule has 19 nitrogen and oxygen atoms in total. The summed E-state index contributed by atoms with van der Waals surface area (Å²) in [5, 5.41) is 17.8. The van der Waals surface area contributed by atoms with Crippen molar-refractivity contribution in [2.24, 2.45) is 16.7 Å². The Morgan fingerprint density at radius 2 is 1.67 bits per heavy atom. The Labute approximate surface area is 406 Å². The number of ether oxygens (including phenoxy) is 4. The molecule has 2 aromatic carbocycles. The zero-order valence-electron chi connectivity index (χ0n) is 40.2. The van der Waals surface area contributed by atoms with Gasteiger partial charge in [-0.25, -0.2) is 14.3 Å². The third-order valence-corrected chi connectivity index (χ3v) is 12.7. The number of esters is 1. The normalized spacial score (nSPS) is 24.4. The maximum Gasteiger partial charge on any atom is 0.335 e. The van der Waals surface area contributed by atoms with Crippen molar-refractivity contribution in [1.82, 2.24) is 36.0 Å². The molecule has 2 fully saturated rings. The number of rotatable bonds is 15. The highest BCUT2D eigenvalue weighted by molar-refractivity contribution is 6.32. The van der Waals surface area contributed by atoms with Crippen LogP contribution < -0.4 is 20.7 Å². The average molecular weight is 977 g/mol. The third kappa shape index (κ3) is 14.2. The summed E-state index contributed by atoms with van der Waals surface area (Å²) in [6.45, 7) is 13.3. The number of nitrogens with one attached hydrogen (secondary N) is 3. The highest BCUT2D eigenvalue weighted by atomic mass is 35.5. The highest BCUT2D eigenvalue weighted by Crippen LogP contribution is 2.45. The van der Waals surface area contributed by atoms with Gasteiger partial charge in [-0.15, -0.1) is 10.2 Å². The molecule has 3 aliphatic heterocycles. The number of amides is 5. The molecular weight excluding hydrogens is 914 g/mol. The largest absolute Gasteiger partial charge is 0.495 e. The number of hydrogen-bond acceptors (Lipinski definition) is 14. The fourth-order valence-corrected chi connectivity index (χ4v) is 8.16. The lowest BCUT2D eigenvalue weighted by Crippen LogP contribution is -2.58. The van der Waals surface area contributed by atoms with Crippen molar-refractivity contribution in [3.63, 3.8) is 0 Å². The van der Waals surface area contributed by atoms with Gasteiger partial charge in [-0.1, -0.05) is 80.9 Å². The minimum absolute atomic E-state index is 0.0119. The second-order valence-electron chi connectivity index (χ2n) is 19.5. The van der Waals surface area contributed by atoms with Gasteiger partial charge in [0.1, 0.15) is 35.7 Å². The number of carbonyl (C=O) groups is 7. The van der Waals surface area contributed by atoms with Crippen molar-refractivity contribution in [2.75, 3.05) is 13.7 Å². The molecule has 0 aliphatic carbocycles. The summed E-state index contributed by atoms with van der Waals surface area (Å²) in [5.41, 5.74) is 1.46. The van der Waals surface area contributed by atoms with E-state index in [1.807, 2.05) is 52.0 Å². The van der Waals surface area contributed by atoms with Crippen LogP contribution in [0.1, 0.15) is 109 Å². The molecule has 0 radical (unpaired) electrons. The number of hydroxylamine groups is 2. The Bertz CT molecular complexity index is 2400. The van der Waals surface area contributed by atoms with Gasteiger partial charge in [-0.3, -0.25) is 24.0 Å². The molecular formula is C49H62ClN7O12. The third-order valence-electron chi connectivity index (χ3n) is 12.4. The first-order valence-electron chi connectivity index (χ1n) is 23.0. The lowest BCUT2D eigenvalue weighted by atomic mass is 9.82. The van der Waals surface area contributed by atoms with Crippen LogP contribution in [0.15, 0.2) is 60.8 Å². The molecule has 1 aromatic heterocycles. The standard InChI is InChI=1S/C49H62ClN7O12/c1-28(43-44(68-43)32-15-12-30(13-16-32)25-56-26-33(54-55-56)27-66-21-20-42(61)69-57-40(59)18-19-41(57)60)37-10-9-11-39(58)52-35(23-31-14-17-38(65-8)34(50)22-31)45(62)51-29(2)49(6,7)47(64)53-36(46(63)67-37)24-48(3,4)5/h9,11-17,22,26,28-29,35-37,43-44H,10,18-21,23-25,27H2,1-8H3,(H,51,62)(H,52,58)(H,53,64)/b11-9+/t28-,29-,35+,36-,37-,43+,44+/m0/s1. The average Bonchev–Trinajstić information content (AvgIpc) is 3.87. The number of halogens is 1. The minimum atomic E-state index is -1.20. The van der Waals surface area contributed by atoms with Gasteiger partial charge in [-0.05, 0) is 67.5 Å². The van der Waals surface area contributed by atoms with Crippen molar-refractivity contribution >= 4 is 53.1 Å². The number of epoxide rings is 1. The summed E-state index contributed by atoms with van der Waals surface area (Å²) in [6, 6.07) is 10.1. The number of nitrogens with zero attached hydrogens (tertiary/aromatic N) is 4. The Morgan fingerprint density at radius 1 is 0.971 bits per heavy atom. The fourth-order valence-electron chi connectivity index (χ4n) is 7.88. The molecule has 0 saturated carbocycles. The molecule has 2 saturated heterocycles. The van der Waals surface area contributed by atoms with E-state index in [1.165, 1.54) is 13.2 Å². The van der Waals surface area contributed by atoms with E-state index < -0.39 is 71.1 Å². The first-order valence-corrected chi connectivity index (χ1v) is 23.4. The van der Waals surface area contributed by atoms with Gasteiger partial charge < -0.3 is 39.7 Å². The zero-order valence-corrected chi connectivity index (χ0v) is 41.0. The summed E-state index contributed by atoms with van der Waals surface area (Å²) < 4.78 is 24.9. The number of methoxy groups -OCH3 is 1. The number of cyclic esters (lactones) is 1. The fraction of sp³-hybridized carbons (Fsp3) is 0.531. The number of carbonyl (C=O) groups excluding carboxylic acids is 7. The Morgan fingerprint density at radius 3 is 2.33 bits per heavy atom. The molecule has 6 rings (SSSR count). The summed E-state index contributed by atoms with van der Waals surface area (Å²) in [4.78, 5) is 95.8. The van der Waals surface area contributed by atoms with Crippen LogP contribution in [0.4, 0.5) is 0 Å². The topological polar surface area (TPSA) is 239 Å². The number of hydrogen-bond donors (Lipinski definition) is 3. The predicted molar refractivity (Wildman–Crippen MR) is 248 cm³/mol. The van der Waals surface area contributed by atoms with E-state index in [0.717, 1.165) is 11.1 Å². The van der Waals surface area contributed by atoms with E-state index in [9.17, 15) is 33.6 Å². The highest BCUT2D eigenvalue weighted by Gasteiger charge is 2.48. The Hall–Kier alpha value is -6.18. The molecule has 372 valence electrons. The van der Waals surface area contributed by atoms with Gasteiger partial charge in [0.25, 0.3) is 11.8 Å². The smallest absolute Gasteiger partial charge is 0.335 e. The lowest BCUT2D eigenvalue weighted by Gasteiger charge is -2.35. The Balaban J connectivity index is 1.11. The van der Waals surface area contributed by atoms with Gasteiger partial charge in [0, 0.05) is 37.6 Å². The maximum absolute atomic E-state index is 14.2. The van der Waals surface area contributed by atoms with Gasteiger partial charge in [0.05, 0.1) is 56.0 Å². The van der Waals surface area contributed by atoms with Crippen LogP contribution in [0.25, 0.3) is 0 Å². The van der Waals surface area contributed by atoms with E-state index in [2.05, 4.69) is 26.3 Å². The van der Waals surface area contributed by atoms with E-state index in [-0.39, 0.29) is 75.3 Å². The number of imide groups is 1. The van der Waals surface area contributed by atoms with Crippen molar-refractivity contribution in [3.8, 4) is 5.75 Å². The predicted octanol–water partition coefficient (Wildman–Crippen LogP) is 4.63. The van der Waals surface area contributed by atoms with Crippen molar-refractivity contribution in [3.05, 3.63) is 88.2 Å². The van der Waals surface area contributed by atoms with Gasteiger partial charge in [0.15, 0.2) is 0 Å². The molecule has 0 spiro atoms. The molecule has 3 aromatic rings. The zero-order chi connectivity index (χ0) is 50.2. The first kappa shape index (κ1) is 52.2. The van der Waals surface area contributed by atoms with Crippen LogP contribution in [0.3, 0.4) is 0 Å². The molecule has 7 atom stereocenters. The second-order valence-corrected chi connectivity index (χ2v) is 19.9. The number of benzene rings is 2. The maximum atomic E-state index is 14.2. The second kappa shape index (κ2) is 22.5. The monoisotopic (exact) mass is 975 g/mol. The molecule has 69 heavy (non-hydrogen) atoms. The van der Waals surface area contributed by atoms with Crippen molar-refractivity contribution in [1.29, 1.82) is 0 Å². The lowest BCUT2D eigenvalue weighted by molar-refractivity contribution is -0.198. The molecule has 4 heterocycles. The van der Waals surface area contributed by atoms with Crippen LogP contribution in [0.5, 0.6) is 5.75 Å². The van der Waals surface area contributed by atoms with Gasteiger partial charge >= 0.3 is 11.9 Å². The van der Waals surface area contributed by atoms with Crippen molar-refractivity contribution in [2.45, 2.75) is 137 Å². The van der Waals surface area contributed by atoms with Crippen LogP contribution in [-0.2, 0) is 72.2 Å². The van der Waals surface area contributed by atoms with Crippen LogP contribution in [0, 0.1) is 16.7 Å². The van der Waals surface area contributed by atoms with Gasteiger partial charge in [-0.2, -0.15) is 0 Å². The van der Waals surface area contributed by atoms with Crippen LogP contribution >= 0.6 is 11.6 Å². The summed E-state index contributed by atoms with van der Waals surface area (Å²) in [7, 11) is 1.50. The molecule has 0 unspecified atom stereocenters. The summed E-state index contributed by atoms with van der Waals surface area (Å²) in [5.74, 6) is -3.88. The van der Waals surface area contributed by atoms with Crippen molar-refractivity contribution < 1.29 is 57.3 Å². The summed E-state index contributed by atoms with van der Waals surface area (Å²) in [6.07, 6.45) is 3.60. The Kier molecular flexibility index (Phi) is 17.0. The number of aromatic nitrogens is 3. The van der Waals surface area contributed by atoms with E-state index in [4.69, 9.17) is 35.4 Å².